The van der Waals surface area contributed by atoms with Crippen LogP contribution in [0.3, 0.4) is 0 Å². The summed E-state index contributed by atoms with van der Waals surface area (Å²) in [6.07, 6.45) is 4.85. The van der Waals surface area contributed by atoms with Gasteiger partial charge in [-0.25, -0.2) is 4.79 Å². The molecule has 2 saturated heterocycles. The molecule has 8 nitrogen and oxygen atoms in total. The number of allylic oxidation sites excluding steroid dienone is 2. The number of ether oxygens (including phenoxy) is 2. The first-order chi connectivity index (χ1) is 11.0. The van der Waals surface area contributed by atoms with Crippen LogP contribution < -0.4 is 11.2 Å². The van der Waals surface area contributed by atoms with Crippen molar-refractivity contribution in [2.75, 3.05) is 0 Å². The first kappa shape index (κ1) is 14.3. The number of carbonyl (C=O) groups is 1. The van der Waals surface area contributed by atoms with Crippen LogP contribution in [0.25, 0.3) is 0 Å². The molecule has 0 unspecified atom stereocenters. The van der Waals surface area contributed by atoms with Gasteiger partial charge in [-0.3, -0.25) is 19.1 Å². The molecule has 0 radical (unpaired) electrons. The van der Waals surface area contributed by atoms with Gasteiger partial charge in [0.25, 0.3) is 5.56 Å². The van der Waals surface area contributed by atoms with E-state index in [1.54, 1.807) is 12.2 Å². The number of hydrogen-bond acceptors (Lipinski definition) is 6. The Bertz CT molecular complexity index is 819. The van der Waals surface area contributed by atoms with E-state index < -0.39 is 41.4 Å². The summed E-state index contributed by atoms with van der Waals surface area (Å²) < 4.78 is 12.8. The van der Waals surface area contributed by atoms with Crippen LogP contribution in [0, 0.1) is 0 Å². The number of ketones is 1. The number of fused-ring (bicyclic) bond motifs is 1. The number of H-pyrrole nitrogens is 1. The Morgan fingerprint density at radius 2 is 2.00 bits per heavy atom. The molecule has 1 aliphatic carbocycles. The number of nitrogens with zero attached hydrogens (tertiary/aromatic N) is 1. The van der Waals surface area contributed by atoms with E-state index >= 15 is 0 Å². The number of rotatable bonds is 1. The average Bonchev–Trinajstić information content (AvgIpc) is 3.00. The Hall–Kier alpha value is -2.29. The van der Waals surface area contributed by atoms with Crippen LogP contribution in [-0.4, -0.2) is 44.4 Å². The van der Waals surface area contributed by atoms with Crippen LogP contribution in [0.15, 0.2) is 46.2 Å². The number of carbonyl (C=O) groups excluding carboxylic acids is 1. The predicted molar refractivity (Wildman–Crippen MR) is 76.7 cm³/mol. The average molecular weight is 318 g/mol. The summed E-state index contributed by atoms with van der Waals surface area (Å²) in [6, 6.07) is 1.19. The molecule has 0 amide bonds. The highest BCUT2D eigenvalue weighted by Gasteiger charge is 2.55. The Kier molecular flexibility index (Phi) is 3.02. The minimum atomic E-state index is -1.07. The van der Waals surface area contributed by atoms with Crippen molar-refractivity contribution >= 4 is 5.78 Å². The van der Waals surface area contributed by atoms with Crippen LogP contribution in [-0.2, 0) is 14.3 Å². The lowest BCUT2D eigenvalue weighted by Gasteiger charge is -2.27. The van der Waals surface area contributed by atoms with Gasteiger partial charge in [0.05, 0.1) is 6.10 Å². The quantitative estimate of drug-likeness (QED) is 0.688. The molecule has 3 heterocycles. The minimum Gasteiger partial charge on any atom is -0.386 e. The summed E-state index contributed by atoms with van der Waals surface area (Å²) in [5.41, 5.74) is -1.93. The van der Waals surface area contributed by atoms with Crippen molar-refractivity contribution in [2.24, 2.45) is 0 Å². The summed E-state index contributed by atoms with van der Waals surface area (Å²) in [5, 5.41) is 10.5. The van der Waals surface area contributed by atoms with Gasteiger partial charge in [0, 0.05) is 18.7 Å². The van der Waals surface area contributed by atoms with Crippen molar-refractivity contribution in [1.29, 1.82) is 0 Å². The third kappa shape index (κ3) is 2.23. The maximum atomic E-state index is 11.8. The van der Waals surface area contributed by atoms with Crippen LogP contribution in [0.4, 0.5) is 0 Å². The van der Waals surface area contributed by atoms with Crippen molar-refractivity contribution in [1.82, 2.24) is 9.55 Å². The third-order valence-electron chi connectivity index (χ3n) is 4.37. The van der Waals surface area contributed by atoms with E-state index in [2.05, 4.69) is 4.98 Å². The lowest BCUT2D eigenvalue weighted by Crippen LogP contribution is -2.39. The molecule has 4 rings (SSSR count). The van der Waals surface area contributed by atoms with E-state index in [1.165, 1.54) is 24.4 Å². The smallest absolute Gasteiger partial charge is 0.330 e. The van der Waals surface area contributed by atoms with Crippen LogP contribution >= 0.6 is 0 Å². The van der Waals surface area contributed by atoms with Crippen molar-refractivity contribution in [3.05, 3.63) is 57.4 Å². The van der Waals surface area contributed by atoms with Crippen molar-refractivity contribution in [3.8, 4) is 0 Å². The monoisotopic (exact) mass is 318 g/mol. The zero-order valence-electron chi connectivity index (χ0n) is 11.9. The summed E-state index contributed by atoms with van der Waals surface area (Å²) in [4.78, 5) is 36.3. The number of nitrogens with one attached hydrogen (secondary N) is 1. The molecule has 23 heavy (non-hydrogen) atoms. The standard InChI is InChI=1S/C15H14N2O6/c18-8-1-4-15(5-2-8)7-9-12(23-15)11(20)13(22-9)17-6-3-10(19)16-14(17)21/h1-6,9,11-13,20H,7H2,(H,16,19,21)/t9-,11-,12+,13-/m1/s1. The predicted octanol–water partition coefficient (Wildman–Crippen LogP) is -0.982. The Balaban J connectivity index is 1.59. The van der Waals surface area contributed by atoms with Gasteiger partial charge in [0.15, 0.2) is 12.0 Å². The van der Waals surface area contributed by atoms with Gasteiger partial charge in [0.2, 0.25) is 0 Å². The van der Waals surface area contributed by atoms with Crippen molar-refractivity contribution in [3.63, 3.8) is 0 Å². The molecule has 8 heteroatoms. The Morgan fingerprint density at radius 3 is 2.65 bits per heavy atom. The number of aliphatic hydroxyl groups excluding tert-OH is 1. The maximum Gasteiger partial charge on any atom is 0.330 e. The van der Waals surface area contributed by atoms with Gasteiger partial charge >= 0.3 is 5.69 Å². The highest BCUT2D eigenvalue weighted by atomic mass is 16.6. The Labute approximate surface area is 129 Å². The first-order valence-electron chi connectivity index (χ1n) is 7.23. The fourth-order valence-electron chi connectivity index (χ4n) is 3.27. The molecule has 0 bridgehead atoms. The molecule has 2 N–H and O–H groups in total. The third-order valence-corrected chi connectivity index (χ3v) is 4.37. The van der Waals surface area contributed by atoms with Gasteiger partial charge in [-0.2, -0.15) is 0 Å². The number of hydrogen-bond donors (Lipinski definition) is 2. The summed E-state index contributed by atoms with van der Waals surface area (Å²) in [5.74, 6) is -0.115. The largest absolute Gasteiger partial charge is 0.386 e. The molecular formula is C15H14N2O6. The molecule has 120 valence electrons. The topological polar surface area (TPSA) is 111 Å². The van der Waals surface area contributed by atoms with Crippen LogP contribution in [0.5, 0.6) is 0 Å². The van der Waals surface area contributed by atoms with Crippen LogP contribution in [0.2, 0.25) is 0 Å². The minimum absolute atomic E-state index is 0.115. The molecule has 2 fully saturated rings. The molecule has 2 aliphatic heterocycles. The van der Waals surface area contributed by atoms with E-state index in [0.717, 1.165) is 4.57 Å². The molecule has 0 saturated carbocycles. The van der Waals surface area contributed by atoms with Gasteiger partial charge in [-0.1, -0.05) is 0 Å². The molecule has 1 aromatic rings. The first-order valence-corrected chi connectivity index (χ1v) is 7.23. The van der Waals surface area contributed by atoms with E-state index in [9.17, 15) is 19.5 Å². The highest BCUT2D eigenvalue weighted by Crippen LogP contribution is 2.44. The van der Waals surface area contributed by atoms with E-state index in [1.807, 2.05) is 0 Å². The molecular weight excluding hydrogens is 304 g/mol. The normalized spacial score (nSPS) is 34.2. The van der Waals surface area contributed by atoms with E-state index in [0.29, 0.717) is 6.42 Å². The maximum absolute atomic E-state index is 11.8. The summed E-state index contributed by atoms with van der Waals surface area (Å²) in [7, 11) is 0. The van der Waals surface area contributed by atoms with E-state index in [4.69, 9.17) is 9.47 Å². The molecule has 1 spiro atoms. The molecule has 1 aromatic heterocycles. The number of aromatic nitrogens is 2. The lowest BCUT2D eigenvalue weighted by molar-refractivity contribution is -0.111. The van der Waals surface area contributed by atoms with Gasteiger partial charge in [-0.05, 0) is 24.3 Å². The van der Waals surface area contributed by atoms with Crippen LogP contribution in [0.1, 0.15) is 12.6 Å². The van der Waals surface area contributed by atoms with E-state index in [-0.39, 0.29) is 5.78 Å². The van der Waals surface area contributed by atoms with Crippen molar-refractivity contribution in [2.45, 2.75) is 36.6 Å². The number of aliphatic hydroxyl groups is 1. The zero-order chi connectivity index (χ0) is 16.2. The summed E-state index contributed by atoms with van der Waals surface area (Å²) >= 11 is 0. The fourth-order valence-corrected chi connectivity index (χ4v) is 3.27. The van der Waals surface area contributed by atoms with Gasteiger partial charge < -0.3 is 14.6 Å². The molecule has 0 aromatic carbocycles. The second kappa shape index (κ2) is 4.85. The Morgan fingerprint density at radius 1 is 1.26 bits per heavy atom. The summed E-state index contributed by atoms with van der Waals surface area (Å²) in [6.45, 7) is 0. The second-order valence-corrected chi connectivity index (χ2v) is 5.88. The molecule has 3 aliphatic rings. The second-order valence-electron chi connectivity index (χ2n) is 5.88. The highest BCUT2D eigenvalue weighted by molar-refractivity contribution is 6.00. The van der Waals surface area contributed by atoms with Crippen molar-refractivity contribution < 1.29 is 19.4 Å². The fraction of sp³-hybridized carbons (Fsp3) is 0.400. The lowest BCUT2D eigenvalue weighted by atomic mass is 9.93. The SMILES string of the molecule is O=C1C=CC2(C=C1)C[C@H]1O[C@@H](n3ccc(=O)[nH]c3=O)[C@H](O)[C@H]1O2. The number of aromatic amines is 1. The van der Waals surface area contributed by atoms with Gasteiger partial charge in [0.1, 0.15) is 17.8 Å². The molecule has 4 atom stereocenters. The zero-order valence-corrected chi connectivity index (χ0v) is 11.9. The van der Waals surface area contributed by atoms with Gasteiger partial charge in [-0.15, -0.1) is 0 Å².